The Labute approximate surface area is 316 Å². The van der Waals surface area contributed by atoms with Crippen LogP contribution in [0.4, 0.5) is 0 Å². The molecule has 5 nitrogen and oxygen atoms in total. The Balaban J connectivity index is 1.06. The number of nitriles is 2. The van der Waals surface area contributed by atoms with E-state index in [9.17, 15) is 10.5 Å². The first-order valence-corrected chi connectivity index (χ1v) is 18.3. The SMILES string of the molecule is N#Cc1cc(-c2ccc(-n3c4ccccc4c4c(C#N)cccc43)cc2)cc(-n2c3ccccc3c3cc(-n4c5ccccc5c5ccccc54)ccc32)c1. The lowest BCUT2D eigenvalue weighted by Crippen LogP contribution is -1.97. The van der Waals surface area contributed by atoms with Gasteiger partial charge in [-0.2, -0.15) is 10.5 Å². The molecule has 3 heterocycles. The number of aromatic nitrogens is 3. The molecule has 0 N–H and O–H groups in total. The fourth-order valence-corrected chi connectivity index (χ4v) is 8.74. The predicted molar refractivity (Wildman–Crippen MR) is 224 cm³/mol. The molecule has 8 aromatic carbocycles. The largest absolute Gasteiger partial charge is 0.309 e. The first-order chi connectivity index (χ1) is 27.2. The first kappa shape index (κ1) is 30.7. The van der Waals surface area contributed by atoms with Crippen LogP contribution in [0.3, 0.4) is 0 Å². The molecule has 254 valence electrons. The molecule has 5 heteroatoms. The molecule has 0 amide bonds. The average molecular weight is 700 g/mol. The van der Waals surface area contributed by atoms with E-state index in [0.29, 0.717) is 11.1 Å². The van der Waals surface area contributed by atoms with Crippen molar-refractivity contribution in [1.29, 1.82) is 10.5 Å². The second kappa shape index (κ2) is 11.8. The Morgan fingerprint density at radius 3 is 1.47 bits per heavy atom. The fraction of sp³-hybridized carbons (Fsp3) is 0. The first-order valence-electron chi connectivity index (χ1n) is 18.3. The summed E-state index contributed by atoms with van der Waals surface area (Å²) in [6, 6.07) is 66.0. The summed E-state index contributed by atoms with van der Waals surface area (Å²) in [6.07, 6.45) is 0. The standard InChI is InChI=1S/C50H29N5/c51-30-32-26-35(33-20-22-36(23-21-33)53-47-18-8-4-14-42(47)50-34(31-52)10-9-19-49(50)53)28-38(27-32)55-46-17-7-3-13-41(46)43-29-37(24-25-48(43)55)54-44-15-5-1-11-39(44)40-12-2-6-16-45(40)54/h1-29H. The van der Waals surface area contributed by atoms with Gasteiger partial charge in [0, 0.05) is 49.4 Å². The molecule has 0 saturated heterocycles. The molecule has 11 rings (SSSR count). The van der Waals surface area contributed by atoms with Gasteiger partial charge in [0.05, 0.1) is 56.4 Å². The Hall–Kier alpha value is -7.86. The third kappa shape index (κ3) is 4.51. The van der Waals surface area contributed by atoms with E-state index >= 15 is 0 Å². The molecule has 3 aromatic heterocycles. The molecule has 11 aromatic rings. The van der Waals surface area contributed by atoms with E-state index in [4.69, 9.17) is 0 Å². The highest BCUT2D eigenvalue weighted by molar-refractivity contribution is 6.13. The zero-order chi connectivity index (χ0) is 36.6. The summed E-state index contributed by atoms with van der Waals surface area (Å²) in [5, 5.41) is 27.0. The number of hydrogen-bond donors (Lipinski definition) is 0. The van der Waals surface area contributed by atoms with Crippen molar-refractivity contribution in [1.82, 2.24) is 13.7 Å². The van der Waals surface area contributed by atoms with Crippen LogP contribution in [0.15, 0.2) is 176 Å². The van der Waals surface area contributed by atoms with Crippen molar-refractivity contribution < 1.29 is 0 Å². The van der Waals surface area contributed by atoms with Crippen molar-refractivity contribution in [3.63, 3.8) is 0 Å². The van der Waals surface area contributed by atoms with Gasteiger partial charge >= 0.3 is 0 Å². The van der Waals surface area contributed by atoms with E-state index in [1.807, 2.05) is 36.4 Å². The normalized spacial score (nSPS) is 11.6. The molecule has 0 aliphatic rings. The van der Waals surface area contributed by atoms with Crippen molar-refractivity contribution >= 4 is 65.4 Å². The Bertz CT molecular complexity index is 3400. The van der Waals surface area contributed by atoms with E-state index < -0.39 is 0 Å². The zero-order valence-corrected chi connectivity index (χ0v) is 29.5. The van der Waals surface area contributed by atoms with Crippen molar-refractivity contribution in [2.24, 2.45) is 0 Å². The summed E-state index contributed by atoms with van der Waals surface area (Å²) in [5.41, 5.74) is 12.8. The quantitative estimate of drug-likeness (QED) is 0.184. The molecule has 0 atom stereocenters. The third-order valence-corrected chi connectivity index (χ3v) is 11.1. The number of hydrogen-bond acceptors (Lipinski definition) is 2. The van der Waals surface area contributed by atoms with Crippen LogP contribution < -0.4 is 0 Å². The highest BCUT2D eigenvalue weighted by atomic mass is 15.0. The van der Waals surface area contributed by atoms with E-state index in [2.05, 4.69) is 165 Å². The van der Waals surface area contributed by atoms with Gasteiger partial charge in [-0.05, 0) is 96.1 Å². The maximum Gasteiger partial charge on any atom is 0.0998 e. The van der Waals surface area contributed by atoms with Gasteiger partial charge in [0.2, 0.25) is 0 Å². The highest BCUT2D eigenvalue weighted by Crippen LogP contribution is 2.39. The molecule has 55 heavy (non-hydrogen) atoms. The van der Waals surface area contributed by atoms with Crippen molar-refractivity contribution in [2.45, 2.75) is 0 Å². The lowest BCUT2D eigenvalue weighted by molar-refractivity contribution is 1.16. The number of nitrogens with zero attached hydrogens (tertiary/aromatic N) is 5. The lowest BCUT2D eigenvalue weighted by Gasteiger charge is -2.13. The minimum atomic E-state index is 0.593. The molecule has 0 aliphatic carbocycles. The van der Waals surface area contributed by atoms with Crippen molar-refractivity contribution in [3.8, 4) is 40.3 Å². The minimum Gasteiger partial charge on any atom is -0.309 e. The predicted octanol–water partition coefficient (Wildman–Crippen LogP) is 12.4. The molecule has 0 spiro atoms. The number of rotatable bonds is 4. The number of fused-ring (bicyclic) bond motifs is 9. The van der Waals surface area contributed by atoms with Crippen LogP contribution in [-0.2, 0) is 0 Å². The summed E-state index contributed by atoms with van der Waals surface area (Å²) in [4.78, 5) is 0. The van der Waals surface area contributed by atoms with E-state index in [-0.39, 0.29) is 0 Å². The van der Waals surface area contributed by atoms with Gasteiger partial charge in [-0.3, -0.25) is 0 Å². The van der Waals surface area contributed by atoms with Crippen LogP contribution in [0.5, 0.6) is 0 Å². The van der Waals surface area contributed by atoms with Gasteiger partial charge < -0.3 is 13.7 Å². The lowest BCUT2D eigenvalue weighted by atomic mass is 10.0. The number of benzene rings is 8. The van der Waals surface area contributed by atoms with E-state index in [0.717, 1.165) is 71.8 Å². The Kier molecular flexibility index (Phi) is 6.61. The second-order valence-electron chi connectivity index (χ2n) is 14.0. The minimum absolute atomic E-state index is 0.593. The molecule has 0 fully saturated rings. The van der Waals surface area contributed by atoms with Crippen LogP contribution in [-0.4, -0.2) is 13.7 Å². The van der Waals surface area contributed by atoms with Gasteiger partial charge in [-0.25, -0.2) is 0 Å². The molecular weight excluding hydrogens is 671 g/mol. The summed E-state index contributed by atoms with van der Waals surface area (Å²) in [6.45, 7) is 0. The Morgan fingerprint density at radius 2 is 0.836 bits per heavy atom. The summed E-state index contributed by atoms with van der Waals surface area (Å²) in [5.74, 6) is 0. The van der Waals surface area contributed by atoms with Gasteiger partial charge in [0.1, 0.15) is 0 Å². The molecule has 0 bridgehead atoms. The third-order valence-electron chi connectivity index (χ3n) is 11.1. The second-order valence-corrected chi connectivity index (χ2v) is 14.0. The van der Waals surface area contributed by atoms with Crippen molar-refractivity contribution in [3.05, 3.63) is 187 Å². The molecule has 0 saturated carbocycles. The van der Waals surface area contributed by atoms with Crippen molar-refractivity contribution in [2.75, 3.05) is 0 Å². The average Bonchev–Trinajstić information content (AvgIpc) is 3.89. The van der Waals surface area contributed by atoms with Gasteiger partial charge in [-0.15, -0.1) is 0 Å². The summed E-state index contributed by atoms with van der Waals surface area (Å²) in [7, 11) is 0. The van der Waals surface area contributed by atoms with Crippen LogP contribution in [0.25, 0.3) is 93.6 Å². The molecule has 0 unspecified atom stereocenters. The highest BCUT2D eigenvalue weighted by Gasteiger charge is 2.18. The zero-order valence-electron chi connectivity index (χ0n) is 29.5. The van der Waals surface area contributed by atoms with Gasteiger partial charge in [0.15, 0.2) is 0 Å². The number of para-hydroxylation sites is 4. The van der Waals surface area contributed by atoms with Crippen LogP contribution in [0.2, 0.25) is 0 Å². The van der Waals surface area contributed by atoms with Gasteiger partial charge in [0.25, 0.3) is 0 Å². The molecule has 0 radical (unpaired) electrons. The summed E-state index contributed by atoms with van der Waals surface area (Å²) >= 11 is 0. The van der Waals surface area contributed by atoms with Crippen LogP contribution >= 0.6 is 0 Å². The van der Waals surface area contributed by atoms with Crippen LogP contribution in [0, 0.1) is 22.7 Å². The topological polar surface area (TPSA) is 62.4 Å². The smallest absolute Gasteiger partial charge is 0.0998 e. The maximum atomic E-state index is 10.3. The van der Waals surface area contributed by atoms with E-state index in [1.54, 1.807) is 0 Å². The summed E-state index contributed by atoms with van der Waals surface area (Å²) < 4.78 is 6.86. The fourth-order valence-electron chi connectivity index (χ4n) is 8.74. The van der Waals surface area contributed by atoms with E-state index in [1.165, 1.54) is 21.8 Å². The van der Waals surface area contributed by atoms with Crippen LogP contribution in [0.1, 0.15) is 11.1 Å². The van der Waals surface area contributed by atoms with Gasteiger partial charge in [-0.1, -0.05) is 91.0 Å². The maximum absolute atomic E-state index is 10.3. The molecular formula is C50H29N5. The Morgan fingerprint density at radius 1 is 0.327 bits per heavy atom. The molecule has 0 aliphatic heterocycles. The monoisotopic (exact) mass is 699 g/mol.